The molecule has 6 heteroatoms. The van der Waals surface area contributed by atoms with Crippen LogP contribution in [0.25, 0.3) is 0 Å². The van der Waals surface area contributed by atoms with Gasteiger partial charge in [-0.2, -0.15) is 0 Å². The molecule has 1 aromatic rings. The van der Waals surface area contributed by atoms with Crippen LogP contribution >= 0.6 is 24.0 Å². The highest BCUT2D eigenvalue weighted by atomic mass is 127. The average molecular weight is 474 g/mol. The molecule has 1 aromatic carbocycles. The minimum atomic E-state index is 0. The fourth-order valence-electron chi connectivity index (χ4n) is 3.18. The van der Waals surface area contributed by atoms with Crippen LogP contribution in [0, 0.1) is 11.8 Å². The molecule has 2 N–H and O–H groups in total. The Morgan fingerprint density at radius 3 is 2.77 bits per heavy atom. The zero-order chi connectivity index (χ0) is 17.9. The molecule has 0 aliphatic carbocycles. The number of hydrogen-bond acceptors (Lipinski definition) is 3. The van der Waals surface area contributed by atoms with Crippen molar-refractivity contribution in [2.75, 3.05) is 46.9 Å². The number of piperidine rings is 1. The largest absolute Gasteiger partial charge is 0.376 e. The molecular formula is C20H35IN4O. The van der Waals surface area contributed by atoms with Gasteiger partial charge in [0, 0.05) is 26.7 Å². The molecule has 1 aliphatic heterocycles. The predicted molar refractivity (Wildman–Crippen MR) is 120 cm³/mol. The van der Waals surface area contributed by atoms with E-state index in [0.29, 0.717) is 18.4 Å². The third kappa shape index (κ3) is 9.19. The van der Waals surface area contributed by atoms with Gasteiger partial charge in [0.1, 0.15) is 0 Å². The maximum Gasteiger partial charge on any atom is 0.190 e. The summed E-state index contributed by atoms with van der Waals surface area (Å²) in [6, 6.07) is 10.3. The summed E-state index contributed by atoms with van der Waals surface area (Å²) in [6.07, 6.45) is 2.60. The first-order valence-electron chi connectivity index (χ1n) is 9.42. The van der Waals surface area contributed by atoms with Gasteiger partial charge in [0.25, 0.3) is 0 Å². The molecule has 0 saturated carbocycles. The lowest BCUT2D eigenvalue weighted by Crippen LogP contribution is -2.44. The van der Waals surface area contributed by atoms with Gasteiger partial charge in [-0.25, -0.2) is 0 Å². The maximum absolute atomic E-state index is 5.81. The number of likely N-dealkylation sites (tertiary alicyclic amines) is 1. The summed E-state index contributed by atoms with van der Waals surface area (Å²) in [5.74, 6) is 2.04. The molecule has 2 rings (SSSR count). The van der Waals surface area contributed by atoms with E-state index in [1.54, 1.807) is 0 Å². The second kappa shape index (κ2) is 13.3. The van der Waals surface area contributed by atoms with Gasteiger partial charge in [-0.15, -0.1) is 24.0 Å². The van der Waals surface area contributed by atoms with Gasteiger partial charge < -0.3 is 20.3 Å². The summed E-state index contributed by atoms with van der Waals surface area (Å²) >= 11 is 0. The Morgan fingerprint density at radius 1 is 1.31 bits per heavy atom. The zero-order valence-electron chi connectivity index (χ0n) is 16.4. The molecule has 0 aromatic heterocycles. The Balaban J connectivity index is 0.00000338. The molecule has 5 nitrogen and oxygen atoms in total. The second-order valence-corrected chi connectivity index (χ2v) is 7.21. The molecule has 1 saturated heterocycles. The van der Waals surface area contributed by atoms with Crippen molar-refractivity contribution in [2.24, 2.45) is 16.8 Å². The van der Waals surface area contributed by atoms with Gasteiger partial charge in [-0.3, -0.25) is 4.99 Å². The zero-order valence-corrected chi connectivity index (χ0v) is 18.7. The van der Waals surface area contributed by atoms with Crippen LogP contribution in [0.1, 0.15) is 25.3 Å². The van der Waals surface area contributed by atoms with Gasteiger partial charge in [0.05, 0.1) is 13.2 Å². The minimum absolute atomic E-state index is 0. The van der Waals surface area contributed by atoms with Crippen molar-refractivity contribution in [3.8, 4) is 0 Å². The quantitative estimate of drug-likeness (QED) is 0.346. The van der Waals surface area contributed by atoms with Crippen LogP contribution in [0.2, 0.25) is 0 Å². The number of ether oxygens (including phenoxy) is 1. The molecular weight excluding hydrogens is 439 g/mol. The van der Waals surface area contributed by atoms with E-state index in [9.17, 15) is 0 Å². The Kier molecular flexibility index (Phi) is 11.9. The number of aliphatic imine (C=N–C) groups is 1. The van der Waals surface area contributed by atoms with Gasteiger partial charge in [-0.05, 0) is 43.8 Å². The van der Waals surface area contributed by atoms with E-state index < -0.39 is 0 Å². The van der Waals surface area contributed by atoms with Crippen molar-refractivity contribution in [3.05, 3.63) is 35.9 Å². The third-order valence-corrected chi connectivity index (χ3v) is 4.64. The number of guanidine groups is 1. The molecule has 2 unspecified atom stereocenters. The first-order valence-corrected chi connectivity index (χ1v) is 9.42. The number of halogens is 1. The highest BCUT2D eigenvalue weighted by molar-refractivity contribution is 14.0. The van der Waals surface area contributed by atoms with Crippen LogP contribution in [0.4, 0.5) is 0 Å². The van der Waals surface area contributed by atoms with E-state index in [2.05, 4.69) is 46.6 Å². The Labute approximate surface area is 176 Å². The van der Waals surface area contributed by atoms with Gasteiger partial charge in [0.2, 0.25) is 0 Å². The normalized spacial score (nSPS) is 19.5. The number of nitrogens with one attached hydrogen (secondary N) is 2. The fourth-order valence-corrected chi connectivity index (χ4v) is 3.18. The highest BCUT2D eigenvalue weighted by Crippen LogP contribution is 2.13. The van der Waals surface area contributed by atoms with Crippen molar-refractivity contribution in [3.63, 3.8) is 0 Å². The van der Waals surface area contributed by atoms with Crippen molar-refractivity contribution >= 4 is 29.9 Å². The Bertz CT molecular complexity index is 512. The predicted octanol–water partition coefficient (Wildman–Crippen LogP) is 2.96. The minimum Gasteiger partial charge on any atom is -0.376 e. The molecule has 1 fully saturated rings. The second-order valence-electron chi connectivity index (χ2n) is 7.21. The SMILES string of the molecule is CN=C(NCC(C)COCc1ccccc1)NCC1CCCN(C)C1.I. The van der Waals surface area contributed by atoms with Gasteiger partial charge in [-0.1, -0.05) is 37.3 Å². The van der Waals surface area contributed by atoms with Crippen LogP contribution in [-0.2, 0) is 11.3 Å². The molecule has 1 aliphatic rings. The lowest BCUT2D eigenvalue weighted by molar-refractivity contribution is 0.0931. The van der Waals surface area contributed by atoms with Crippen molar-refractivity contribution in [2.45, 2.75) is 26.4 Å². The Morgan fingerprint density at radius 2 is 2.08 bits per heavy atom. The Hall–Kier alpha value is -0.860. The van der Waals surface area contributed by atoms with Crippen LogP contribution in [0.5, 0.6) is 0 Å². The molecule has 0 bridgehead atoms. The molecule has 0 radical (unpaired) electrons. The van der Waals surface area contributed by atoms with Crippen molar-refractivity contribution < 1.29 is 4.74 Å². The molecule has 2 atom stereocenters. The van der Waals surface area contributed by atoms with Crippen molar-refractivity contribution in [1.82, 2.24) is 15.5 Å². The van der Waals surface area contributed by atoms with E-state index in [1.807, 2.05) is 25.2 Å². The number of nitrogens with zero attached hydrogens (tertiary/aromatic N) is 2. The smallest absolute Gasteiger partial charge is 0.190 e. The van der Waals surface area contributed by atoms with Crippen molar-refractivity contribution in [1.29, 1.82) is 0 Å². The first-order chi connectivity index (χ1) is 12.2. The molecule has 0 spiro atoms. The van der Waals surface area contributed by atoms with E-state index in [-0.39, 0.29) is 24.0 Å². The lowest BCUT2D eigenvalue weighted by Gasteiger charge is -2.30. The molecule has 1 heterocycles. The average Bonchev–Trinajstić information content (AvgIpc) is 2.63. The van der Waals surface area contributed by atoms with Crippen LogP contribution in [0.15, 0.2) is 35.3 Å². The van der Waals surface area contributed by atoms with Gasteiger partial charge >= 0.3 is 0 Å². The highest BCUT2D eigenvalue weighted by Gasteiger charge is 2.17. The first kappa shape index (κ1) is 23.2. The van der Waals surface area contributed by atoms with E-state index in [0.717, 1.165) is 25.7 Å². The fraction of sp³-hybridized carbons (Fsp3) is 0.650. The molecule has 0 amide bonds. The number of benzene rings is 1. The van der Waals surface area contributed by atoms with Crippen LogP contribution < -0.4 is 10.6 Å². The van der Waals surface area contributed by atoms with Gasteiger partial charge in [0.15, 0.2) is 5.96 Å². The lowest BCUT2D eigenvalue weighted by atomic mass is 9.99. The standard InChI is InChI=1S/C20H34N4O.HI/c1-17(15-25-16-18-8-5-4-6-9-18)12-22-20(21-2)23-13-19-10-7-11-24(3)14-19;/h4-6,8-9,17,19H,7,10-16H2,1-3H3,(H2,21,22,23);1H. The monoisotopic (exact) mass is 474 g/mol. The number of rotatable bonds is 8. The maximum atomic E-state index is 5.81. The summed E-state index contributed by atoms with van der Waals surface area (Å²) in [7, 11) is 4.04. The van der Waals surface area contributed by atoms with Crippen LogP contribution in [0.3, 0.4) is 0 Å². The topological polar surface area (TPSA) is 48.9 Å². The summed E-state index contributed by atoms with van der Waals surface area (Å²) in [5, 5.41) is 6.88. The molecule has 26 heavy (non-hydrogen) atoms. The summed E-state index contributed by atoms with van der Waals surface area (Å²) < 4.78 is 5.81. The van der Waals surface area contributed by atoms with Crippen LogP contribution in [-0.4, -0.2) is 57.7 Å². The van der Waals surface area contributed by atoms with E-state index >= 15 is 0 Å². The summed E-state index contributed by atoms with van der Waals surface area (Å²) in [6.45, 7) is 7.86. The van der Waals surface area contributed by atoms with E-state index in [1.165, 1.54) is 31.5 Å². The molecule has 148 valence electrons. The third-order valence-electron chi connectivity index (χ3n) is 4.64. The number of hydrogen-bond donors (Lipinski definition) is 2. The van der Waals surface area contributed by atoms with E-state index in [4.69, 9.17) is 4.74 Å². The summed E-state index contributed by atoms with van der Waals surface area (Å²) in [4.78, 5) is 6.75. The summed E-state index contributed by atoms with van der Waals surface area (Å²) in [5.41, 5.74) is 1.22.